The van der Waals surface area contributed by atoms with E-state index in [0.717, 1.165) is 0 Å². The van der Waals surface area contributed by atoms with E-state index in [1.54, 1.807) is 13.1 Å². The molecule has 0 spiro atoms. The minimum Gasteiger partial charge on any atom is -0.387 e. The van der Waals surface area contributed by atoms with Crippen molar-refractivity contribution in [3.05, 3.63) is 16.0 Å². The number of aromatic nitrogens is 2. The van der Waals surface area contributed by atoms with Crippen LogP contribution in [0.3, 0.4) is 0 Å². The van der Waals surface area contributed by atoms with Crippen molar-refractivity contribution >= 4 is 33.3 Å². The van der Waals surface area contributed by atoms with Gasteiger partial charge in [0.1, 0.15) is 5.82 Å². The summed E-state index contributed by atoms with van der Waals surface area (Å²) >= 11 is 9.01. The van der Waals surface area contributed by atoms with E-state index in [9.17, 15) is 5.11 Å². The molecule has 5 nitrogen and oxygen atoms in total. The largest absolute Gasteiger partial charge is 0.387 e. The zero-order valence-corrected chi connectivity index (χ0v) is 12.4. The molecule has 0 aliphatic heterocycles. The molecular formula is C10H16BrClN4O. The van der Waals surface area contributed by atoms with Crippen molar-refractivity contribution in [2.45, 2.75) is 12.5 Å². The summed E-state index contributed by atoms with van der Waals surface area (Å²) < 4.78 is 0.711. The average molecular weight is 324 g/mol. The fourth-order valence-electron chi connectivity index (χ4n) is 1.48. The molecule has 96 valence electrons. The Labute approximate surface area is 114 Å². The Morgan fingerprint density at radius 1 is 1.59 bits per heavy atom. The monoisotopic (exact) mass is 322 g/mol. The molecular weight excluding hydrogens is 307 g/mol. The lowest BCUT2D eigenvalue weighted by Gasteiger charge is -2.27. The molecule has 0 amide bonds. The standard InChI is InChI=1S/C10H16BrClN4O/c1-10(17,6-16(2)3)5-14-8-7(11)4-13-9(12)15-8/h4,17H,5-6H2,1-3H3,(H,13,14,15). The Morgan fingerprint density at radius 2 is 2.24 bits per heavy atom. The van der Waals surface area contributed by atoms with E-state index in [2.05, 4.69) is 31.2 Å². The molecule has 1 unspecified atom stereocenters. The summed E-state index contributed by atoms with van der Waals surface area (Å²) in [5.74, 6) is 0.573. The normalized spacial score (nSPS) is 14.8. The highest BCUT2D eigenvalue weighted by atomic mass is 79.9. The molecule has 2 N–H and O–H groups in total. The molecule has 1 aromatic heterocycles. The van der Waals surface area contributed by atoms with Crippen molar-refractivity contribution < 1.29 is 5.11 Å². The molecule has 1 aromatic rings. The number of hydrogen-bond acceptors (Lipinski definition) is 5. The number of nitrogens with one attached hydrogen (secondary N) is 1. The fourth-order valence-corrected chi connectivity index (χ4v) is 1.95. The lowest BCUT2D eigenvalue weighted by Crippen LogP contribution is -2.43. The lowest BCUT2D eigenvalue weighted by molar-refractivity contribution is 0.0459. The third-order valence-electron chi connectivity index (χ3n) is 2.01. The van der Waals surface area contributed by atoms with E-state index in [1.807, 2.05) is 19.0 Å². The Bertz CT molecular complexity index is 387. The highest BCUT2D eigenvalue weighted by Gasteiger charge is 2.21. The highest BCUT2D eigenvalue weighted by molar-refractivity contribution is 9.10. The fraction of sp³-hybridized carbons (Fsp3) is 0.600. The van der Waals surface area contributed by atoms with Crippen LogP contribution in [0.2, 0.25) is 5.28 Å². The van der Waals surface area contributed by atoms with Gasteiger partial charge < -0.3 is 15.3 Å². The first-order valence-electron chi connectivity index (χ1n) is 5.09. The Balaban J connectivity index is 2.63. The van der Waals surface area contributed by atoms with Crippen LogP contribution in [0.15, 0.2) is 10.7 Å². The second-order valence-corrected chi connectivity index (χ2v) is 5.62. The molecule has 1 atom stereocenters. The van der Waals surface area contributed by atoms with Gasteiger partial charge in [-0.15, -0.1) is 0 Å². The van der Waals surface area contributed by atoms with Crippen LogP contribution in [0.5, 0.6) is 0 Å². The maximum Gasteiger partial charge on any atom is 0.224 e. The third-order valence-corrected chi connectivity index (χ3v) is 2.77. The molecule has 0 fully saturated rings. The van der Waals surface area contributed by atoms with Crippen LogP contribution in [0.25, 0.3) is 0 Å². The number of aliphatic hydroxyl groups is 1. The maximum atomic E-state index is 10.1. The van der Waals surface area contributed by atoms with Crippen molar-refractivity contribution in [1.82, 2.24) is 14.9 Å². The first-order chi connectivity index (χ1) is 7.80. The van der Waals surface area contributed by atoms with Crippen molar-refractivity contribution in [2.75, 3.05) is 32.5 Å². The molecule has 0 aliphatic rings. The van der Waals surface area contributed by atoms with Gasteiger partial charge in [-0.3, -0.25) is 0 Å². The van der Waals surface area contributed by atoms with E-state index in [1.165, 1.54) is 0 Å². The second kappa shape index (κ2) is 5.95. The van der Waals surface area contributed by atoms with Crippen molar-refractivity contribution in [1.29, 1.82) is 0 Å². The molecule has 0 aromatic carbocycles. The Kier molecular flexibility index (Phi) is 5.12. The van der Waals surface area contributed by atoms with Gasteiger partial charge in [-0.1, -0.05) is 0 Å². The first kappa shape index (κ1) is 14.6. The quantitative estimate of drug-likeness (QED) is 0.806. The van der Waals surface area contributed by atoms with E-state index >= 15 is 0 Å². The SMILES string of the molecule is CN(C)CC(C)(O)CNc1nc(Cl)ncc1Br. The summed E-state index contributed by atoms with van der Waals surface area (Å²) in [4.78, 5) is 9.78. The maximum absolute atomic E-state index is 10.1. The summed E-state index contributed by atoms with van der Waals surface area (Å²) in [5.41, 5.74) is -0.847. The predicted molar refractivity (Wildman–Crippen MR) is 72.4 cm³/mol. The number of nitrogens with zero attached hydrogens (tertiary/aromatic N) is 3. The Hall–Kier alpha value is -0.430. The lowest BCUT2D eigenvalue weighted by atomic mass is 10.1. The number of halogens is 2. The van der Waals surface area contributed by atoms with E-state index in [-0.39, 0.29) is 5.28 Å². The average Bonchev–Trinajstić information content (AvgIpc) is 2.17. The van der Waals surface area contributed by atoms with Crippen LogP contribution >= 0.6 is 27.5 Å². The highest BCUT2D eigenvalue weighted by Crippen LogP contribution is 2.20. The third kappa shape index (κ3) is 5.16. The van der Waals surface area contributed by atoms with Crippen LogP contribution in [-0.2, 0) is 0 Å². The van der Waals surface area contributed by atoms with Gasteiger partial charge in [0.2, 0.25) is 5.28 Å². The van der Waals surface area contributed by atoms with Gasteiger partial charge >= 0.3 is 0 Å². The summed E-state index contributed by atoms with van der Waals surface area (Å²) in [7, 11) is 3.82. The van der Waals surface area contributed by atoms with Crippen molar-refractivity contribution in [3.63, 3.8) is 0 Å². The topological polar surface area (TPSA) is 61.3 Å². The van der Waals surface area contributed by atoms with Gasteiger partial charge in [0.25, 0.3) is 0 Å². The van der Waals surface area contributed by atoms with Crippen LogP contribution in [-0.4, -0.2) is 52.8 Å². The second-order valence-electron chi connectivity index (χ2n) is 4.42. The number of hydrogen-bond donors (Lipinski definition) is 2. The van der Waals surface area contributed by atoms with Crippen molar-refractivity contribution in [3.8, 4) is 0 Å². The molecule has 17 heavy (non-hydrogen) atoms. The van der Waals surface area contributed by atoms with Gasteiger partial charge in [0.05, 0.1) is 10.1 Å². The first-order valence-corrected chi connectivity index (χ1v) is 6.26. The molecule has 0 bridgehead atoms. The van der Waals surface area contributed by atoms with E-state index in [0.29, 0.717) is 23.4 Å². The summed E-state index contributed by atoms with van der Waals surface area (Å²) in [6, 6.07) is 0. The van der Waals surface area contributed by atoms with Gasteiger partial charge in [0, 0.05) is 19.3 Å². The molecule has 0 saturated heterocycles. The zero-order chi connectivity index (χ0) is 13.1. The van der Waals surface area contributed by atoms with Gasteiger partial charge in [0.15, 0.2) is 0 Å². The van der Waals surface area contributed by atoms with E-state index < -0.39 is 5.60 Å². The molecule has 0 aliphatic carbocycles. The predicted octanol–water partition coefficient (Wildman–Crippen LogP) is 1.62. The smallest absolute Gasteiger partial charge is 0.224 e. The zero-order valence-electron chi connectivity index (χ0n) is 10.0. The van der Waals surface area contributed by atoms with Crippen LogP contribution in [0.4, 0.5) is 5.82 Å². The minimum atomic E-state index is -0.847. The number of rotatable bonds is 5. The molecule has 7 heteroatoms. The summed E-state index contributed by atoms with van der Waals surface area (Å²) in [6.07, 6.45) is 1.57. The molecule has 1 rings (SSSR count). The van der Waals surface area contributed by atoms with Crippen LogP contribution < -0.4 is 5.32 Å². The molecule has 0 radical (unpaired) electrons. The van der Waals surface area contributed by atoms with Crippen LogP contribution in [0, 0.1) is 0 Å². The number of anilines is 1. The number of likely N-dealkylation sites (N-methyl/N-ethyl adjacent to an activating group) is 1. The van der Waals surface area contributed by atoms with Gasteiger partial charge in [-0.25, -0.2) is 4.98 Å². The minimum absolute atomic E-state index is 0.169. The Morgan fingerprint density at radius 3 is 2.82 bits per heavy atom. The van der Waals surface area contributed by atoms with E-state index in [4.69, 9.17) is 11.6 Å². The van der Waals surface area contributed by atoms with Gasteiger partial charge in [-0.05, 0) is 48.5 Å². The molecule has 1 heterocycles. The summed E-state index contributed by atoms with van der Waals surface area (Å²) in [6.45, 7) is 2.68. The molecule has 0 saturated carbocycles. The van der Waals surface area contributed by atoms with Gasteiger partial charge in [-0.2, -0.15) is 4.98 Å². The van der Waals surface area contributed by atoms with Crippen LogP contribution in [0.1, 0.15) is 6.92 Å². The summed E-state index contributed by atoms with van der Waals surface area (Å²) in [5, 5.41) is 13.3. The van der Waals surface area contributed by atoms with Crippen molar-refractivity contribution in [2.24, 2.45) is 0 Å².